The van der Waals surface area contributed by atoms with Crippen molar-refractivity contribution < 1.29 is 9.47 Å². The normalized spacial score (nSPS) is 27.0. The van der Waals surface area contributed by atoms with E-state index in [9.17, 15) is 0 Å². The van der Waals surface area contributed by atoms with Crippen LogP contribution in [-0.4, -0.2) is 48.4 Å². The number of morpholine rings is 1. The van der Waals surface area contributed by atoms with E-state index in [2.05, 4.69) is 46.4 Å². The minimum atomic E-state index is -0.0343. The summed E-state index contributed by atoms with van der Waals surface area (Å²) in [7, 11) is 0. The smallest absolute Gasteiger partial charge is 0.0757 e. The van der Waals surface area contributed by atoms with Crippen molar-refractivity contribution in [2.24, 2.45) is 0 Å². The molecule has 1 saturated heterocycles. The molecule has 16 heavy (non-hydrogen) atoms. The van der Waals surface area contributed by atoms with Gasteiger partial charge in [-0.25, -0.2) is 0 Å². The van der Waals surface area contributed by atoms with Gasteiger partial charge in [-0.3, -0.25) is 4.90 Å². The molecule has 1 atom stereocenters. The van der Waals surface area contributed by atoms with Crippen LogP contribution in [0.4, 0.5) is 0 Å². The first-order valence-corrected chi connectivity index (χ1v) is 6.22. The van der Waals surface area contributed by atoms with E-state index in [-0.39, 0.29) is 11.2 Å². The molecule has 3 nitrogen and oxygen atoms in total. The topological polar surface area (TPSA) is 21.7 Å². The third-order valence-corrected chi connectivity index (χ3v) is 2.58. The first-order valence-electron chi connectivity index (χ1n) is 6.22. The van der Waals surface area contributed by atoms with Crippen LogP contribution in [0, 0.1) is 0 Å². The maximum Gasteiger partial charge on any atom is 0.0757 e. The zero-order valence-electron chi connectivity index (χ0n) is 11.7. The van der Waals surface area contributed by atoms with E-state index in [1.165, 1.54) is 0 Å². The highest BCUT2D eigenvalue weighted by molar-refractivity contribution is 4.82. The van der Waals surface area contributed by atoms with Crippen LogP contribution in [0.5, 0.6) is 0 Å². The summed E-state index contributed by atoms with van der Waals surface area (Å²) in [4.78, 5) is 2.43. The second-order valence-corrected chi connectivity index (χ2v) is 6.38. The van der Waals surface area contributed by atoms with Crippen LogP contribution in [-0.2, 0) is 9.47 Å². The summed E-state index contributed by atoms with van der Waals surface area (Å²) in [5.41, 5.74) is -0.0627. The Morgan fingerprint density at radius 3 is 2.50 bits per heavy atom. The zero-order valence-corrected chi connectivity index (χ0v) is 11.7. The molecule has 0 aromatic carbocycles. The van der Waals surface area contributed by atoms with Crippen LogP contribution in [0.1, 0.15) is 41.5 Å². The Bertz CT molecular complexity index is 220. The summed E-state index contributed by atoms with van der Waals surface area (Å²) in [6.45, 7) is 16.5. The lowest BCUT2D eigenvalue weighted by molar-refractivity contribution is -0.134. The minimum absolute atomic E-state index is 0.0284. The summed E-state index contributed by atoms with van der Waals surface area (Å²) in [6, 6.07) is 0. The van der Waals surface area contributed by atoms with Gasteiger partial charge in [0.1, 0.15) is 0 Å². The van der Waals surface area contributed by atoms with Crippen molar-refractivity contribution in [2.75, 3.05) is 26.2 Å². The first kappa shape index (κ1) is 13.9. The van der Waals surface area contributed by atoms with Crippen LogP contribution in [0.25, 0.3) is 0 Å². The van der Waals surface area contributed by atoms with E-state index in [0.29, 0.717) is 6.10 Å². The van der Waals surface area contributed by atoms with E-state index in [1.807, 2.05) is 0 Å². The highest BCUT2D eigenvalue weighted by atomic mass is 16.5. The van der Waals surface area contributed by atoms with E-state index in [1.54, 1.807) is 0 Å². The van der Waals surface area contributed by atoms with Gasteiger partial charge in [-0.15, -0.1) is 0 Å². The van der Waals surface area contributed by atoms with Crippen LogP contribution in [0.15, 0.2) is 0 Å². The maximum atomic E-state index is 5.87. The molecule has 0 unspecified atom stereocenters. The van der Waals surface area contributed by atoms with E-state index in [0.717, 1.165) is 26.2 Å². The highest BCUT2D eigenvalue weighted by Gasteiger charge is 2.30. The standard InChI is InChI=1S/C13H27NO2/c1-11-9-14(10-13(5,6)16-11)7-8-15-12(2,3)4/h11H,7-10H2,1-6H3/t11-/m0/s1. The van der Waals surface area contributed by atoms with E-state index < -0.39 is 0 Å². The molecule has 0 aromatic rings. The fraction of sp³-hybridized carbons (Fsp3) is 1.00. The Labute approximate surface area is 100 Å². The molecule has 1 aliphatic heterocycles. The largest absolute Gasteiger partial charge is 0.375 e. The number of rotatable bonds is 3. The predicted molar refractivity (Wildman–Crippen MR) is 66.8 cm³/mol. The Hall–Kier alpha value is -0.120. The Morgan fingerprint density at radius 2 is 2.00 bits per heavy atom. The SMILES string of the molecule is C[C@H]1CN(CCOC(C)(C)C)CC(C)(C)O1. The lowest BCUT2D eigenvalue weighted by atomic mass is 10.1. The molecule has 0 amide bonds. The van der Waals surface area contributed by atoms with Crippen LogP contribution in [0.3, 0.4) is 0 Å². The van der Waals surface area contributed by atoms with Gasteiger partial charge < -0.3 is 9.47 Å². The van der Waals surface area contributed by atoms with Gasteiger partial charge in [0, 0.05) is 19.6 Å². The molecule has 0 spiro atoms. The Morgan fingerprint density at radius 1 is 1.38 bits per heavy atom. The van der Waals surface area contributed by atoms with Crippen molar-refractivity contribution >= 4 is 0 Å². The molecule has 0 bridgehead atoms. The number of nitrogens with zero attached hydrogens (tertiary/aromatic N) is 1. The van der Waals surface area contributed by atoms with E-state index >= 15 is 0 Å². The van der Waals surface area contributed by atoms with Gasteiger partial charge in [-0.1, -0.05) is 0 Å². The molecule has 1 fully saturated rings. The summed E-state index contributed by atoms with van der Waals surface area (Å²) in [6.07, 6.45) is 0.318. The highest BCUT2D eigenvalue weighted by Crippen LogP contribution is 2.20. The van der Waals surface area contributed by atoms with Gasteiger partial charge >= 0.3 is 0 Å². The van der Waals surface area contributed by atoms with Gasteiger partial charge in [0.2, 0.25) is 0 Å². The molecular formula is C13H27NO2. The van der Waals surface area contributed by atoms with Gasteiger partial charge in [-0.05, 0) is 41.5 Å². The molecule has 0 aliphatic carbocycles. The maximum absolute atomic E-state index is 5.87. The molecular weight excluding hydrogens is 202 g/mol. The van der Waals surface area contributed by atoms with Gasteiger partial charge in [0.15, 0.2) is 0 Å². The average molecular weight is 229 g/mol. The Kier molecular flexibility index (Phi) is 4.38. The monoisotopic (exact) mass is 229 g/mol. The van der Waals surface area contributed by atoms with Crippen LogP contribution < -0.4 is 0 Å². The summed E-state index contributed by atoms with van der Waals surface area (Å²) in [5.74, 6) is 0. The number of hydrogen-bond acceptors (Lipinski definition) is 3. The first-order chi connectivity index (χ1) is 7.18. The molecule has 0 aromatic heterocycles. The molecule has 96 valence electrons. The van der Waals surface area contributed by atoms with E-state index in [4.69, 9.17) is 9.47 Å². The summed E-state index contributed by atoms with van der Waals surface area (Å²) < 4.78 is 11.6. The fourth-order valence-corrected chi connectivity index (χ4v) is 2.24. The van der Waals surface area contributed by atoms with Crippen LogP contribution >= 0.6 is 0 Å². The second-order valence-electron chi connectivity index (χ2n) is 6.38. The summed E-state index contributed by atoms with van der Waals surface area (Å²) in [5, 5.41) is 0. The molecule has 0 N–H and O–H groups in total. The van der Waals surface area contributed by atoms with Crippen molar-refractivity contribution in [1.82, 2.24) is 4.90 Å². The third-order valence-electron chi connectivity index (χ3n) is 2.58. The molecule has 1 heterocycles. The molecule has 0 saturated carbocycles. The van der Waals surface area contributed by atoms with Crippen molar-refractivity contribution in [3.05, 3.63) is 0 Å². The Balaban J connectivity index is 2.32. The molecule has 0 radical (unpaired) electrons. The van der Waals surface area contributed by atoms with Crippen molar-refractivity contribution in [1.29, 1.82) is 0 Å². The molecule has 1 aliphatic rings. The quantitative estimate of drug-likeness (QED) is 0.741. The number of ether oxygens (including phenoxy) is 2. The van der Waals surface area contributed by atoms with Crippen molar-refractivity contribution in [3.63, 3.8) is 0 Å². The lowest BCUT2D eigenvalue weighted by Crippen LogP contribution is -2.52. The van der Waals surface area contributed by atoms with Gasteiger partial charge in [0.05, 0.1) is 23.9 Å². The van der Waals surface area contributed by atoms with Crippen molar-refractivity contribution in [2.45, 2.75) is 58.8 Å². The molecule has 3 heteroatoms. The summed E-state index contributed by atoms with van der Waals surface area (Å²) >= 11 is 0. The van der Waals surface area contributed by atoms with Crippen LogP contribution in [0.2, 0.25) is 0 Å². The number of hydrogen-bond donors (Lipinski definition) is 0. The molecule has 1 rings (SSSR count). The fourth-order valence-electron chi connectivity index (χ4n) is 2.24. The third kappa shape index (κ3) is 5.28. The van der Waals surface area contributed by atoms with Gasteiger partial charge in [0.25, 0.3) is 0 Å². The average Bonchev–Trinajstić information content (AvgIpc) is 1.96. The zero-order chi connectivity index (χ0) is 12.4. The minimum Gasteiger partial charge on any atom is -0.375 e. The predicted octanol–water partition coefficient (Wildman–Crippen LogP) is 2.30. The van der Waals surface area contributed by atoms with Crippen molar-refractivity contribution in [3.8, 4) is 0 Å². The second kappa shape index (κ2) is 5.03. The lowest BCUT2D eigenvalue weighted by Gasteiger charge is -2.41. The van der Waals surface area contributed by atoms with Gasteiger partial charge in [-0.2, -0.15) is 0 Å².